The van der Waals surface area contributed by atoms with Crippen LogP contribution in [0.25, 0.3) is 0 Å². The number of hydrogen-bond acceptors (Lipinski definition) is 4. The van der Waals surface area contributed by atoms with Crippen LogP contribution in [0, 0.1) is 13.8 Å². The van der Waals surface area contributed by atoms with E-state index in [9.17, 15) is 0 Å². The minimum atomic E-state index is 0.0917. The number of ether oxygens (including phenoxy) is 1. The molecule has 0 aliphatic carbocycles. The van der Waals surface area contributed by atoms with E-state index in [4.69, 9.17) is 9.26 Å². The second-order valence-corrected chi connectivity index (χ2v) is 4.87. The van der Waals surface area contributed by atoms with Gasteiger partial charge in [-0.25, -0.2) is 0 Å². The molecule has 1 fully saturated rings. The highest BCUT2D eigenvalue weighted by Crippen LogP contribution is 2.20. The minimum Gasteiger partial charge on any atom is -0.380 e. The van der Waals surface area contributed by atoms with Gasteiger partial charge in [-0.3, -0.25) is 0 Å². The molecule has 1 aromatic heterocycles. The highest BCUT2D eigenvalue weighted by Gasteiger charge is 2.27. The molecule has 0 aromatic carbocycles. The second kappa shape index (κ2) is 4.55. The fourth-order valence-corrected chi connectivity index (χ4v) is 2.13. The molecule has 0 spiro atoms. The normalized spacial score (nSPS) is 25.9. The molecule has 16 heavy (non-hydrogen) atoms. The molecule has 4 nitrogen and oxygen atoms in total. The summed E-state index contributed by atoms with van der Waals surface area (Å²) in [6.45, 7) is 8.63. The Kier molecular flexibility index (Phi) is 3.30. The summed E-state index contributed by atoms with van der Waals surface area (Å²) in [5.74, 6) is 0.908. The van der Waals surface area contributed by atoms with Crippen molar-refractivity contribution in [2.24, 2.45) is 0 Å². The fraction of sp³-hybridized carbons (Fsp3) is 0.750. The van der Waals surface area contributed by atoms with Crippen LogP contribution in [0.2, 0.25) is 0 Å². The molecule has 1 aromatic rings. The van der Waals surface area contributed by atoms with Crippen LogP contribution >= 0.6 is 0 Å². The van der Waals surface area contributed by atoms with Gasteiger partial charge in [0, 0.05) is 24.3 Å². The highest BCUT2D eigenvalue weighted by molar-refractivity contribution is 5.20. The van der Waals surface area contributed by atoms with Crippen molar-refractivity contribution in [3.05, 3.63) is 17.0 Å². The van der Waals surface area contributed by atoms with E-state index in [2.05, 4.69) is 17.4 Å². The first-order chi connectivity index (χ1) is 7.61. The summed E-state index contributed by atoms with van der Waals surface area (Å²) in [7, 11) is 0. The highest BCUT2D eigenvalue weighted by atomic mass is 16.5. The van der Waals surface area contributed by atoms with Gasteiger partial charge >= 0.3 is 0 Å². The SMILES string of the molecule is Cc1noc(C)c1CNC1(C)CCCOC1. The van der Waals surface area contributed by atoms with Gasteiger partial charge in [0.05, 0.1) is 12.3 Å². The Bertz CT molecular complexity index is 334. The molecule has 1 aliphatic heterocycles. The third kappa shape index (κ3) is 2.44. The summed E-state index contributed by atoms with van der Waals surface area (Å²) in [5.41, 5.74) is 2.24. The molecule has 0 radical (unpaired) electrons. The van der Waals surface area contributed by atoms with E-state index in [0.717, 1.165) is 44.1 Å². The first kappa shape index (κ1) is 11.6. The number of aryl methyl sites for hydroxylation is 2. The number of hydrogen-bond donors (Lipinski definition) is 1. The van der Waals surface area contributed by atoms with Crippen molar-refractivity contribution in [3.8, 4) is 0 Å². The number of rotatable bonds is 3. The Morgan fingerprint density at radius 3 is 2.81 bits per heavy atom. The summed E-state index contributed by atoms with van der Waals surface area (Å²) in [6.07, 6.45) is 2.29. The maximum atomic E-state index is 5.51. The van der Waals surface area contributed by atoms with E-state index in [-0.39, 0.29) is 5.54 Å². The monoisotopic (exact) mass is 224 g/mol. The zero-order valence-electron chi connectivity index (χ0n) is 10.3. The van der Waals surface area contributed by atoms with Crippen LogP contribution in [0.4, 0.5) is 0 Å². The van der Waals surface area contributed by atoms with Crippen molar-refractivity contribution in [2.75, 3.05) is 13.2 Å². The van der Waals surface area contributed by atoms with Gasteiger partial charge < -0.3 is 14.6 Å². The van der Waals surface area contributed by atoms with Crippen molar-refractivity contribution in [1.29, 1.82) is 0 Å². The quantitative estimate of drug-likeness (QED) is 0.852. The lowest BCUT2D eigenvalue weighted by Crippen LogP contribution is -2.48. The Hall–Kier alpha value is -0.870. The summed E-state index contributed by atoms with van der Waals surface area (Å²) >= 11 is 0. The molecule has 4 heteroatoms. The summed E-state index contributed by atoms with van der Waals surface area (Å²) in [4.78, 5) is 0. The molecule has 1 saturated heterocycles. The molecule has 1 atom stereocenters. The van der Waals surface area contributed by atoms with Crippen LogP contribution in [-0.4, -0.2) is 23.9 Å². The van der Waals surface area contributed by atoms with Gasteiger partial charge in [0.15, 0.2) is 0 Å². The summed E-state index contributed by atoms with van der Waals surface area (Å²) in [5, 5.41) is 7.51. The van der Waals surface area contributed by atoms with Crippen LogP contribution in [0.15, 0.2) is 4.52 Å². The average molecular weight is 224 g/mol. The Balaban J connectivity index is 1.96. The minimum absolute atomic E-state index is 0.0917. The Morgan fingerprint density at radius 1 is 1.44 bits per heavy atom. The molecular formula is C12H20N2O2. The molecule has 90 valence electrons. The average Bonchev–Trinajstić information content (AvgIpc) is 2.57. The van der Waals surface area contributed by atoms with Gasteiger partial charge in [0.1, 0.15) is 5.76 Å². The van der Waals surface area contributed by atoms with E-state index < -0.39 is 0 Å². The van der Waals surface area contributed by atoms with E-state index in [1.165, 1.54) is 5.56 Å². The van der Waals surface area contributed by atoms with Gasteiger partial charge in [-0.15, -0.1) is 0 Å². The number of nitrogens with one attached hydrogen (secondary N) is 1. The lowest BCUT2D eigenvalue weighted by Gasteiger charge is -2.34. The largest absolute Gasteiger partial charge is 0.380 e. The number of nitrogens with zero attached hydrogens (tertiary/aromatic N) is 1. The molecule has 0 saturated carbocycles. The van der Waals surface area contributed by atoms with Gasteiger partial charge in [-0.05, 0) is 33.6 Å². The maximum Gasteiger partial charge on any atom is 0.138 e. The summed E-state index contributed by atoms with van der Waals surface area (Å²) < 4.78 is 10.7. The van der Waals surface area contributed by atoms with E-state index >= 15 is 0 Å². The molecule has 0 amide bonds. The number of aromatic nitrogens is 1. The Morgan fingerprint density at radius 2 is 2.25 bits per heavy atom. The molecule has 2 heterocycles. The first-order valence-electron chi connectivity index (χ1n) is 5.85. The van der Waals surface area contributed by atoms with Crippen LogP contribution < -0.4 is 5.32 Å². The standard InChI is InChI=1S/C12H20N2O2/c1-9-11(10(2)16-14-9)7-13-12(3)5-4-6-15-8-12/h13H,4-8H2,1-3H3. The van der Waals surface area contributed by atoms with Crippen LogP contribution in [0.1, 0.15) is 36.8 Å². The zero-order valence-corrected chi connectivity index (χ0v) is 10.3. The first-order valence-corrected chi connectivity index (χ1v) is 5.85. The van der Waals surface area contributed by atoms with Crippen LogP contribution in [0.5, 0.6) is 0 Å². The van der Waals surface area contributed by atoms with Crippen molar-refractivity contribution in [3.63, 3.8) is 0 Å². The second-order valence-electron chi connectivity index (χ2n) is 4.87. The molecule has 2 rings (SSSR count). The maximum absolute atomic E-state index is 5.51. The predicted molar refractivity (Wildman–Crippen MR) is 61.3 cm³/mol. The Labute approximate surface area is 96.3 Å². The van der Waals surface area contributed by atoms with Crippen molar-refractivity contribution in [1.82, 2.24) is 10.5 Å². The smallest absolute Gasteiger partial charge is 0.138 e. The van der Waals surface area contributed by atoms with Gasteiger partial charge in [0.25, 0.3) is 0 Å². The van der Waals surface area contributed by atoms with Gasteiger partial charge in [-0.1, -0.05) is 5.16 Å². The van der Waals surface area contributed by atoms with Crippen LogP contribution in [-0.2, 0) is 11.3 Å². The lowest BCUT2D eigenvalue weighted by atomic mass is 9.94. The van der Waals surface area contributed by atoms with Gasteiger partial charge in [0.2, 0.25) is 0 Å². The third-order valence-electron chi connectivity index (χ3n) is 3.31. The van der Waals surface area contributed by atoms with Gasteiger partial charge in [-0.2, -0.15) is 0 Å². The van der Waals surface area contributed by atoms with Crippen LogP contribution in [0.3, 0.4) is 0 Å². The molecule has 1 aliphatic rings. The van der Waals surface area contributed by atoms with E-state index in [0.29, 0.717) is 0 Å². The topological polar surface area (TPSA) is 47.3 Å². The predicted octanol–water partition coefficient (Wildman–Crippen LogP) is 1.95. The van der Waals surface area contributed by atoms with E-state index in [1.807, 2.05) is 13.8 Å². The molecular weight excluding hydrogens is 204 g/mol. The molecule has 0 bridgehead atoms. The van der Waals surface area contributed by atoms with E-state index in [1.54, 1.807) is 0 Å². The van der Waals surface area contributed by atoms with Crippen molar-refractivity contribution < 1.29 is 9.26 Å². The summed E-state index contributed by atoms with van der Waals surface area (Å²) in [6, 6.07) is 0. The molecule has 1 unspecified atom stereocenters. The zero-order chi connectivity index (χ0) is 11.6. The van der Waals surface area contributed by atoms with Crippen molar-refractivity contribution >= 4 is 0 Å². The molecule has 1 N–H and O–H groups in total. The fourth-order valence-electron chi connectivity index (χ4n) is 2.13. The lowest BCUT2D eigenvalue weighted by molar-refractivity contribution is 0.0277. The van der Waals surface area contributed by atoms with Crippen molar-refractivity contribution in [2.45, 2.75) is 45.7 Å². The third-order valence-corrected chi connectivity index (χ3v) is 3.31.